The van der Waals surface area contributed by atoms with Crippen LogP contribution in [0.5, 0.6) is 0 Å². The number of halogens is 1. The quantitative estimate of drug-likeness (QED) is 0.667. The first-order valence-electron chi connectivity index (χ1n) is 7.12. The lowest BCUT2D eigenvalue weighted by atomic mass is 10.0. The van der Waals surface area contributed by atoms with Crippen LogP contribution in [0.25, 0.3) is 0 Å². The van der Waals surface area contributed by atoms with E-state index in [1.807, 2.05) is 6.92 Å². The molecule has 0 N–H and O–H groups in total. The minimum atomic E-state index is -0.425. The first-order valence-corrected chi connectivity index (χ1v) is 7.12. The molecule has 0 bridgehead atoms. The highest BCUT2D eigenvalue weighted by molar-refractivity contribution is 5.97. The van der Waals surface area contributed by atoms with Crippen LogP contribution in [-0.2, 0) is 0 Å². The van der Waals surface area contributed by atoms with Crippen LogP contribution in [0.15, 0.2) is 24.3 Å². The lowest BCUT2D eigenvalue weighted by Gasteiger charge is -2.24. The van der Waals surface area contributed by atoms with Crippen molar-refractivity contribution in [1.82, 2.24) is 4.90 Å². The molecule has 0 aliphatic heterocycles. The number of nitrogens with zero attached hydrogens (tertiary/aromatic N) is 1. The predicted octanol–water partition coefficient (Wildman–Crippen LogP) is 3.77. The summed E-state index contributed by atoms with van der Waals surface area (Å²) in [4.78, 5) is 14.2. The monoisotopic (exact) mass is 265 g/mol. The van der Waals surface area contributed by atoms with E-state index in [4.69, 9.17) is 0 Å². The summed E-state index contributed by atoms with van der Waals surface area (Å²) in [6.07, 6.45) is 2.22. The molecule has 106 valence electrons. The van der Waals surface area contributed by atoms with Crippen LogP contribution in [0, 0.1) is 11.7 Å². The van der Waals surface area contributed by atoms with Gasteiger partial charge in [0.05, 0.1) is 12.1 Å². The molecule has 0 spiro atoms. The van der Waals surface area contributed by atoms with Crippen molar-refractivity contribution in [2.24, 2.45) is 5.92 Å². The number of carbonyl (C=O) groups is 1. The molecule has 1 aromatic rings. The molecule has 0 saturated heterocycles. The van der Waals surface area contributed by atoms with E-state index in [0.29, 0.717) is 12.5 Å². The molecule has 19 heavy (non-hydrogen) atoms. The van der Waals surface area contributed by atoms with Crippen molar-refractivity contribution >= 4 is 5.78 Å². The standard InChI is InChI=1S/C16H24FNO/c1-4-13(5-2)11-18(6-3)12-16(19)14-9-7-8-10-15(14)17/h7-10,13H,4-6,11-12H2,1-3H3. The van der Waals surface area contributed by atoms with Gasteiger partial charge in [0.1, 0.15) is 5.82 Å². The number of Topliss-reactive ketones (excluding diaryl/α,β-unsaturated/α-hetero) is 1. The Morgan fingerprint density at radius 3 is 2.37 bits per heavy atom. The van der Waals surface area contributed by atoms with E-state index in [2.05, 4.69) is 18.7 Å². The van der Waals surface area contributed by atoms with Crippen LogP contribution in [0.2, 0.25) is 0 Å². The van der Waals surface area contributed by atoms with Gasteiger partial charge in [-0.2, -0.15) is 0 Å². The van der Waals surface area contributed by atoms with E-state index >= 15 is 0 Å². The van der Waals surface area contributed by atoms with E-state index < -0.39 is 5.82 Å². The second-order valence-electron chi connectivity index (χ2n) is 4.91. The van der Waals surface area contributed by atoms with Gasteiger partial charge >= 0.3 is 0 Å². The van der Waals surface area contributed by atoms with E-state index in [9.17, 15) is 9.18 Å². The summed E-state index contributed by atoms with van der Waals surface area (Å²) in [5, 5.41) is 0. The van der Waals surface area contributed by atoms with Gasteiger partial charge in [-0.3, -0.25) is 9.69 Å². The fourth-order valence-electron chi connectivity index (χ4n) is 2.19. The Hall–Kier alpha value is -1.22. The number of hydrogen-bond donors (Lipinski definition) is 0. The molecule has 3 heteroatoms. The second kappa shape index (κ2) is 8.05. The van der Waals surface area contributed by atoms with E-state index in [0.717, 1.165) is 25.9 Å². The van der Waals surface area contributed by atoms with Crippen LogP contribution in [0.4, 0.5) is 4.39 Å². The number of ketones is 1. The zero-order valence-corrected chi connectivity index (χ0v) is 12.2. The average molecular weight is 265 g/mol. The van der Waals surface area contributed by atoms with Gasteiger partial charge in [-0.05, 0) is 24.6 Å². The van der Waals surface area contributed by atoms with Gasteiger partial charge in [0.2, 0.25) is 0 Å². The first-order chi connectivity index (χ1) is 9.12. The minimum Gasteiger partial charge on any atom is -0.296 e. The Morgan fingerprint density at radius 2 is 1.84 bits per heavy atom. The Bertz CT molecular complexity index is 401. The molecule has 0 radical (unpaired) electrons. The summed E-state index contributed by atoms with van der Waals surface area (Å²) in [5.74, 6) is 0.0466. The SMILES string of the molecule is CCC(CC)CN(CC)CC(=O)c1ccccc1F. The Balaban J connectivity index is 2.66. The van der Waals surface area contributed by atoms with Crippen molar-refractivity contribution < 1.29 is 9.18 Å². The molecule has 0 atom stereocenters. The van der Waals surface area contributed by atoms with E-state index in [1.165, 1.54) is 6.07 Å². The van der Waals surface area contributed by atoms with Crippen molar-refractivity contribution in [3.8, 4) is 0 Å². The molecule has 0 heterocycles. The highest BCUT2D eigenvalue weighted by Crippen LogP contribution is 2.12. The van der Waals surface area contributed by atoms with Crippen LogP contribution < -0.4 is 0 Å². The molecule has 1 rings (SSSR count). The third-order valence-electron chi connectivity index (χ3n) is 3.66. The molecule has 0 aliphatic rings. The molecular weight excluding hydrogens is 241 g/mol. The van der Waals surface area contributed by atoms with Gasteiger partial charge < -0.3 is 0 Å². The number of benzene rings is 1. The van der Waals surface area contributed by atoms with Gasteiger partial charge in [-0.15, -0.1) is 0 Å². The number of likely N-dealkylation sites (N-methyl/N-ethyl adjacent to an activating group) is 1. The summed E-state index contributed by atoms with van der Waals surface area (Å²) in [7, 11) is 0. The number of rotatable bonds is 8. The zero-order chi connectivity index (χ0) is 14.3. The van der Waals surface area contributed by atoms with Gasteiger partial charge in [0.15, 0.2) is 5.78 Å². The van der Waals surface area contributed by atoms with Gasteiger partial charge in [0.25, 0.3) is 0 Å². The van der Waals surface area contributed by atoms with Gasteiger partial charge in [-0.1, -0.05) is 45.7 Å². The topological polar surface area (TPSA) is 20.3 Å². The van der Waals surface area contributed by atoms with Crippen molar-refractivity contribution in [2.45, 2.75) is 33.6 Å². The van der Waals surface area contributed by atoms with Crippen molar-refractivity contribution in [3.05, 3.63) is 35.6 Å². The normalized spacial score (nSPS) is 11.3. The fraction of sp³-hybridized carbons (Fsp3) is 0.562. The molecular formula is C16H24FNO. The highest BCUT2D eigenvalue weighted by Gasteiger charge is 2.16. The van der Waals surface area contributed by atoms with Crippen LogP contribution in [0.1, 0.15) is 44.0 Å². The van der Waals surface area contributed by atoms with Crippen LogP contribution in [0.3, 0.4) is 0 Å². The predicted molar refractivity (Wildman–Crippen MR) is 76.9 cm³/mol. The van der Waals surface area contributed by atoms with Crippen LogP contribution in [-0.4, -0.2) is 30.3 Å². The largest absolute Gasteiger partial charge is 0.296 e. The summed E-state index contributed by atoms with van der Waals surface area (Å²) in [6, 6.07) is 6.20. The molecule has 2 nitrogen and oxygen atoms in total. The van der Waals surface area contributed by atoms with E-state index in [1.54, 1.807) is 18.2 Å². The molecule has 0 amide bonds. The van der Waals surface area contributed by atoms with E-state index in [-0.39, 0.29) is 11.3 Å². The van der Waals surface area contributed by atoms with Crippen LogP contribution >= 0.6 is 0 Å². The van der Waals surface area contributed by atoms with Gasteiger partial charge in [0, 0.05) is 6.54 Å². The summed E-state index contributed by atoms with van der Waals surface area (Å²) >= 11 is 0. The Kier molecular flexibility index (Phi) is 6.71. The second-order valence-corrected chi connectivity index (χ2v) is 4.91. The molecule has 0 aromatic heterocycles. The minimum absolute atomic E-state index is 0.133. The molecule has 0 unspecified atom stereocenters. The zero-order valence-electron chi connectivity index (χ0n) is 12.2. The van der Waals surface area contributed by atoms with Gasteiger partial charge in [-0.25, -0.2) is 4.39 Å². The first kappa shape index (κ1) is 15.8. The average Bonchev–Trinajstić information content (AvgIpc) is 2.43. The molecule has 0 fully saturated rings. The molecule has 0 saturated carbocycles. The highest BCUT2D eigenvalue weighted by atomic mass is 19.1. The van der Waals surface area contributed by atoms with Crippen molar-refractivity contribution in [2.75, 3.05) is 19.6 Å². The van der Waals surface area contributed by atoms with Crippen molar-refractivity contribution in [1.29, 1.82) is 0 Å². The Labute approximate surface area is 115 Å². The third-order valence-corrected chi connectivity index (χ3v) is 3.66. The summed E-state index contributed by atoms with van der Waals surface area (Å²) in [6.45, 7) is 8.40. The van der Waals surface area contributed by atoms with Crippen molar-refractivity contribution in [3.63, 3.8) is 0 Å². The lowest BCUT2D eigenvalue weighted by Crippen LogP contribution is -2.34. The Morgan fingerprint density at radius 1 is 1.21 bits per heavy atom. The fourth-order valence-corrected chi connectivity index (χ4v) is 2.19. The maximum atomic E-state index is 13.5. The molecule has 0 aliphatic carbocycles. The molecule has 1 aromatic carbocycles. The maximum Gasteiger partial charge on any atom is 0.179 e. The third kappa shape index (κ3) is 4.75. The number of hydrogen-bond acceptors (Lipinski definition) is 2. The maximum absolute atomic E-state index is 13.5. The summed E-state index contributed by atoms with van der Waals surface area (Å²) in [5.41, 5.74) is 0.200. The number of carbonyl (C=O) groups excluding carboxylic acids is 1. The smallest absolute Gasteiger partial charge is 0.179 e. The summed E-state index contributed by atoms with van der Waals surface area (Å²) < 4.78 is 13.5. The lowest BCUT2D eigenvalue weighted by molar-refractivity contribution is 0.0916.